The Morgan fingerprint density at radius 3 is 2.59 bits per heavy atom. The van der Waals surface area contributed by atoms with E-state index in [9.17, 15) is 29.1 Å². The fraction of sp³-hybridized carbons (Fsp3) is 0.649. The van der Waals surface area contributed by atoms with E-state index in [0.717, 1.165) is 30.4 Å². The minimum absolute atomic E-state index is 0.0259. The van der Waals surface area contributed by atoms with E-state index in [1.54, 1.807) is 25.7 Å². The third-order valence-corrected chi connectivity index (χ3v) is 9.66. The minimum Gasteiger partial charge on any atom is -0.492 e. The summed E-state index contributed by atoms with van der Waals surface area (Å²) in [7, 11) is 0. The molecule has 0 spiro atoms. The van der Waals surface area contributed by atoms with Crippen molar-refractivity contribution in [1.82, 2.24) is 25.8 Å². The number of nitrogens with one attached hydrogen (secondary N) is 3. The van der Waals surface area contributed by atoms with E-state index >= 15 is 0 Å². The Labute approximate surface area is 299 Å². The third-order valence-electron chi connectivity index (χ3n) is 9.66. The van der Waals surface area contributed by atoms with Crippen LogP contribution in [0.2, 0.25) is 0 Å². The van der Waals surface area contributed by atoms with Gasteiger partial charge in [-0.05, 0) is 69.7 Å². The number of rotatable bonds is 8. The SMILES string of the molecule is CC(C)NCCOc1ccc2c(c1)CN(C(=O)O[C@@H]1CC3C(=O)N[C@]4(C(=O)O)C[C@@H]4/C=C\CCCCC[C@H](NC(=O)OC(C)(C)C)C(=O)N3C1)C2. The molecule has 14 nitrogen and oxygen atoms in total. The molecule has 4 amide bonds. The van der Waals surface area contributed by atoms with E-state index in [0.29, 0.717) is 50.9 Å². The topological polar surface area (TPSA) is 176 Å². The number of carboxylic acid groups (broad SMARTS) is 1. The number of ether oxygens (including phenoxy) is 3. The smallest absolute Gasteiger partial charge is 0.410 e. The predicted octanol–water partition coefficient (Wildman–Crippen LogP) is 3.86. The molecule has 5 rings (SSSR count). The Morgan fingerprint density at radius 2 is 1.86 bits per heavy atom. The number of allylic oxidation sites excluding steroid dienone is 1. The average molecular weight is 712 g/mol. The third kappa shape index (κ3) is 9.72. The highest BCUT2D eigenvalue weighted by molar-refractivity contribution is 5.96. The van der Waals surface area contributed by atoms with Crippen LogP contribution in [0.25, 0.3) is 0 Å². The van der Waals surface area contributed by atoms with Gasteiger partial charge in [0.25, 0.3) is 0 Å². The molecule has 1 saturated heterocycles. The van der Waals surface area contributed by atoms with Crippen molar-refractivity contribution >= 4 is 30.0 Å². The first-order valence-electron chi connectivity index (χ1n) is 18.1. The molecule has 1 aliphatic carbocycles. The Hall–Kier alpha value is -4.33. The van der Waals surface area contributed by atoms with Crippen LogP contribution in [-0.4, -0.2) is 99.9 Å². The van der Waals surface area contributed by atoms with Crippen LogP contribution in [0.3, 0.4) is 0 Å². The van der Waals surface area contributed by atoms with Crippen molar-refractivity contribution in [2.45, 2.75) is 128 Å². The number of carbonyl (C=O) groups is 5. The number of hydrogen-bond acceptors (Lipinski definition) is 9. The van der Waals surface area contributed by atoms with Crippen molar-refractivity contribution in [3.63, 3.8) is 0 Å². The van der Waals surface area contributed by atoms with Gasteiger partial charge in [0, 0.05) is 38.0 Å². The maximum absolute atomic E-state index is 14.2. The van der Waals surface area contributed by atoms with E-state index in [-0.39, 0.29) is 25.3 Å². The summed E-state index contributed by atoms with van der Waals surface area (Å²) in [4.78, 5) is 69.6. The largest absolute Gasteiger partial charge is 0.492 e. The van der Waals surface area contributed by atoms with Crippen LogP contribution in [0, 0.1) is 5.92 Å². The number of hydrogen-bond donors (Lipinski definition) is 4. The van der Waals surface area contributed by atoms with Gasteiger partial charge in [-0.25, -0.2) is 14.4 Å². The van der Waals surface area contributed by atoms with E-state index < -0.39 is 59.3 Å². The Kier molecular flexibility index (Phi) is 11.8. The molecule has 1 aromatic rings. The number of aliphatic carboxylic acids is 1. The molecule has 1 unspecified atom stereocenters. The van der Waals surface area contributed by atoms with Crippen LogP contribution in [0.5, 0.6) is 5.75 Å². The zero-order valence-electron chi connectivity index (χ0n) is 30.4. The number of carboxylic acids is 1. The highest BCUT2D eigenvalue weighted by Crippen LogP contribution is 2.45. The van der Waals surface area contributed by atoms with Gasteiger partial charge in [-0.2, -0.15) is 0 Å². The van der Waals surface area contributed by atoms with E-state index in [1.807, 2.05) is 30.4 Å². The maximum Gasteiger partial charge on any atom is 0.410 e. The molecule has 2 fully saturated rings. The lowest BCUT2D eigenvalue weighted by atomic mass is 10.0. The van der Waals surface area contributed by atoms with Crippen LogP contribution in [0.1, 0.15) is 90.7 Å². The summed E-state index contributed by atoms with van der Waals surface area (Å²) < 4.78 is 17.2. The Morgan fingerprint density at radius 1 is 1.10 bits per heavy atom. The molecule has 5 atom stereocenters. The van der Waals surface area contributed by atoms with Gasteiger partial charge in [0.15, 0.2) is 0 Å². The monoisotopic (exact) mass is 711 g/mol. The zero-order chi connectivity index (χ0) is 36.9. The standard InChI is InChI=1S/C37H53N5O9/c1-23(2)38-15-16-49-27-14-13-24-20-41(21-25(24)17-27)35(48)50-28-18-30-31(43)40-37(33(45)46)19-26(37)11-9-7-6-8-10-12-29(32(44)42(30)22-28)39-34(47)51-36(3,4)5/h9,11,13-14,17,23,26,28-30,38H,6-8,10,12,15-16,18-22H2,1-5H3,(H,39,47)(H,40,43)(H,45,46)/b11-9-/t26-,28+,29-,30?,37+/m0/s1. The zero-order valence-corrected chi connectivity index (χ0v) is 30.4. The van der Waals surface area contributed by atoms with E-state index in [2.05, 4.69) is 29.8 Å². The molecule has 280 valence electrons. The highest BCUT2D eigenvalue weighted by Gasteiger charge is 2.61. The van der Waals surface area contributed by atoms with Crippen molar-refractivity contribution in [3.05, 3.63) is 41.5 Å². The van der Waals surface area contributed by atoms with Crippen LogP contribution < -0.4 is 20.7 Å². The summed E-state index contributed by atoms with van der Waals surface area (Å²) in [6, 6.07) is 3.96. The Bertz CT molecular complexity index is 1510. The fourth-order valence-electron chi connectivity index (χ4n) is 6.92. The van der Waals surface area contributed by atoms with Gasteiger partial charge in [0.05, 0.1) is 6.54 Å². The van der Waals surface area contributed by atoms with Crippen molar-refractivity contribution < 1.29 is 43.3 Å². The van der Waals surface area contributed by atoms with Crippen LogP contribution in [0.4, 0.5) is 9.59 Å². The summed E-state index contributed by atoms with van der Waals surface area (Å²) in [6.45, 7) is 11.1. The normalized spacial score (nSPS) is 27.3. The molecule has 3 aliphatic heterocycles. The Balaban J connectivity index is 1.30. The molecule has 1 aromatic carbocycles. The average Bonchev–Trinajstić information content (AvgIpc) is 3.35. The van der Waals surface area contributed by atoms with Crippen LogP contribution in [-0.2, 0) is 36.9 Å². The van der Waals surface area contributed by atoms with Crippen molar-refractivity contribution in [2.24, 2.45) is 5.92 Å². The molecule has 51 heavy (non-hydrogen) atoms. The number of benzene rings is 1. The van der Waals surface area contributed by atoms with Gasteiger partial charge >= 0.3 is 18.2 Å². The molecular formula is C37H53N5O9. The van der Waals surface area contributed by atoms with Gasteiger partial charge in [-0.15, -0.1) is 0 Å². The molecule has 0 bridgehead atoms. The molecule has 3 heterocycles. The van der Waals surface area contributed by atoms with Crippen molar-refractivity contribution in [2.75, 3.05) is 19.7 Å². The summed E-state index contributed by atoms with van der Waals surface area (Å²) >= 11 is 0. The second kappa shape index (κ2) is 15.9. The number of nitrogens with zero attached hydrogens (tertiary/aromatic N) is 2. The summed E-state index contributed by atoms with van der Waals surface area (Å²) in [6.07, 6.45) is 5.07. The van der Waals surface area contributed by atoms with Gasteiger partial charge < -0.3 is 40.2 Å². The van der Waals surface area contributed by atoms with Gasteiger partial charge in [0.2, 0.25) is 11.8 Å². The molecule has 1 saturated carbocycles. The first kappa shape index (κ1) is 37.9. The minimum atomic E-state index is -1.47. The van der Waals surface area contributed by atoms with Crippen LogP contribution in [0.15, 0.2) is 30.4 Å². The molecule has 4 N–H and O–H groups in total. The number of fused-ring (bicyclic) bond motifs is 3. The highest BCUT2D eigenvalue weighted by atomic mass is 16.6. The molecule has 4 aliphatic rings. The summed E-state index contributed by atoms with van der Waals surface area (Å²) in [5, 5.41) is 18.8. The lowest BCUT2D eigenvalue weighted by Crippen LogP contribution is -2.56. The van der Waals surface area contributed by atoms with Crippen molar-refractivity contribution in [3.8, 4) is 5.75 Å². The number of carbonyl (C=O) groups excluding carboxylic acids is 4. The predicted molar refractivity (Wildman–Crippen MR) is 187 cm³/mol. The number of alkyl carbamates (subject to hydrolysis) is 1. The lowest BCUT2D eigenvalue weighted by Gasteiger charge is -2.30. The fourth-order valence-corrected chi connectivity index (χ4v) is 6.92. The molecule has 0 aromatic heterocycles. The van der Waals surface area contributed by atoms with E-state index in [4.69, 9.17) is 14.2 Å². The van der Waals surface area contributed by atoms with Gasteiger partial charge in [0.1, 0.15) is 41.7 Å². The van der Waals surface area contributed by atoms with Crippen LogP contribution >= 0.6 is 0 Å². The first-order valence-corrected chi connectivity index (χ1v) is 18.1. The van der Waals surface area contributed by atoms with Gasteiger partial charge in [-0.1, -0.05) is 44.9 Å². The molecular weight excluding hydrogens is 658 g/mol. The maximum atomic E-state index is 14.2. The summed E-state index contributed by atoms with van der Waals surface area (Å²) in [5.74, 6) is -1.97. The lowest BCUT2D eigenvalue weighted by molar-refractivity contribution is -0.145. The molecule has 14 heteroatoms. The van der Waals surface area contributed by atoms with Gasteiger partial charge in [-0.3, -0.25) is 14.5 Å². The van der Waals surface area contributed by atoms with Crippen molar-refractivity contribution in [1.29, 1.82) is 0 Å². The summed E-state index contributed by atoms with van der Waals surface area (Å²) in [5.41, 5.74) is -0.357. The molecule has 0 radical (unpaired) electrons. The second-order valence-corrected chi connectivity index (χ2v) is 15.3. The first-order chi connectivity index (χ1) is 24.1. The number of amides is 4. The quantitative estimate of drug-likeness (QED) is 0.229. The van der Waals surface area contributed by atoms with E-state index in [1.165, 1.54) is 4.90 Å². The second-order valence-electron chi connectivity index (χ2n) is 15.3.